The summed E-state index contributed by atoms with van der Waals surface area (Å²) in [5, 5.41) is 0. The number of piperidine rings is 1. The molecule has 10 nitrogen and oxygen atoms in total. The summed E-state index contributed by atoms with van der Waals surface area (Å²) >= 11 is 0. The third-order valence-corrected chi connectivity index (χ3v) is 11.8. The maximum absolute atomic E-state index is 13.8. The number of sulfonamides is 1. The Bertz CT molecular complexity index is 1490. The monoisotopic (exact) mass is 683 g/mol. The van der Waals surface area contributed by atoms with Crippen molar-refractivity contribution in [2.45, 2.75) is 94.3 Å². The second kappa shape index (κ2) is 15.3. The molecule has 3 fully saturated rings. The van der Waals surface area contributed by atoms with Crippen LogP contribution in [-0.2, 0) is 40.9 Å². The minimum atomic E-state index is -3.76. The second-order valence-corrected chi connectivity index (χ2v) is 17.0. The number of nitrogens with zero attached hydrogens (tertiary/aromatic N) is 3. The van der Waals surface area contributed by atoms with E-state index in [9.17, 15) is 18.0 Å². The fraction of sp³-hybridized carbons (Fsp3) is 0.622. The molecule has 0 spiro atoms. The number of hydrogen-bond acceptors (Lipinski definition) is 8. The number of carbonyl (C=O) groups is 2. The van der Waals surface area contributed by atoms with E-state index >= 15 is 0 Å². The number of likely N-dealkylation sites (N-methyl/N-ethyl adjacent to an activating group) is 1. The summed E-state index contributed by atoms with van der Waals surface area (Å²) in [6.07, 6.45) is 3.72. The van der Waals surface area contributed by atoms with Crippen LogP contribution in [0.4, 0.5) is 4.79 Å². The van der Waals surface area contributed by atoms with Crippen LogP contribution in [-0.4, -0.2) is 105 Å². The summed E-state index contributed by atoms with van der Waals surface area (Å²) < 4.78 is 45.5. The number of rotatable bonds is 12. The molecule has 2 aromatic rings. The molecule has 0 bridgehead atoms. The van der Waals surface area contributed by atoms with Crippen LogP contribution in [0.15, 0.2) is 59.5 Å². The van der Waals surface area contributed by atoms with Crippen molar-refractivity contribution in [3.63, 3.8) is 0 Å². The molecule has 0 aromatic heterocycles. The summed E-state index contributed by atoms with van der Waals surface area (Å²) in [5.41, 5.74) is 1.04. The number of carbonyl (C=O) groups excluding carboxylic acids is 2. The van der Waals surface area contributed by atoms with Crippen molar-refractivity contribution in [3.05, 3.63) is 65.7 Å². The normalized spacial score (nSPS) is 23.1. The minimum Gasteiger partial charge on any atom is -0.460 e. The van der Waals surface area contributed by atoms with E-state index in [-0.39, 0.29) is 35.5 Å². The SMILES string of the molecule is CN(C[C@@](C)(CCN1CC[C@@H]2[C@@H](CCN2C(=O)OC(C)(C)C)C1)c1ccccc1)S(=O)(=O)c1ccc(CCC(=O)O[C@H]2CCOC2)cc1. The van der Waals surface area contributed by atoms with Gasteiger partial charge >= 0.3 is 12.1 Å². The highest BCUT2D eigenvalue weighted by Gasteiger charge is 2.42. The van der Waals surface area contributed by atoms with Crippen molar-refractivity contribution in [1.29, 1.82) is 0 Å². The first-order valence-electron chi connectivity index (χ1n) is 17.3. The van der Waals surface area contributed by atoms with Crippen molar-refractivity contribution >= 4 is 22.1 Å². The first-order valence-corrected chi connectivity index (χ1v) is 18.8. The number of amides is 1. The Morgan fingerprint density at radius 1 is 0.979 bits per heavy atom. The lowest BCUT2D eigenvalue weighted by Gasteiger charge is -2.40. The number of benzene rings is 2. The predicted molar refractivity (Wildman–Crippen MR) is 184 cm³/mol. The van der Waals surface area contributed by atoms with Gasteiger partial charge < -0.3 is 24.0 Å². The van der Waals surface area contributed by atoms with Crippen LogP contribution >= 0.6 is 0 Å². The highest BCUT2D eigenvalue weighted by Crippen LogP contribution is 2.35. The Morgan fingerprint density at radius 3 is 2.38 bits per heavy atom. The van der Waals surface area contributed by atoms with Gasteiger partial charge in [-0.2, -0.15) is 0 Å². The number of fused-ring (bicyclic) bond motifs is 1. The number of ether oxygens (including phenoxy) is 3. The first kappa shape index (κ1) is 36.3. The van der Waals surface area contributed by atoms with Crippen LogP contribution < -0.4 is 0 Å². The zero-order valence-corrected chi connectivity index (χ0v) is 30.0. The Balaban J connectivity index is 1.19. The van der Waals surface area contributed by atoms with E-state index in [0.29, 0.717) is 32.1 Å². The lowest BCUT2D eigenvalue weighted by molar-refractivity contribution is -0.148. The second-order valence-electron chi connectivity index (χ2n) is 14.9. The van der Waals surface area contributed by atoms with E-state index in [1.54, 1.807) is 31.3 Å². The average molecular weight is 684 g/mol. The molecule has 3 heterocycles. The Hall–Kier alpha value is -2.99. The van der Waals surface area contributed by atoms with Crippen LogP contribution in [0.1, 0.15) is 70.9 Å². The summed E-state index contributed by atoms with van der Waals surface area (Å²) in [7, 11) is -2.11. The van der Waals surface area contributed by atoms with Crippen molar-refractivity contribution in [1.82, 2.24) is 14.1 Å². The Kier molecular flexibility index (Phi) is 11.5. The molecular formula is C37H53N3O7S. The predicted octanol–water partition coefficient (Wildman–Crippen LogP) is 5.25. The summed E-state index contributed by atoms with van der Waals surface area (Å²) in [5.74, 6) is 0.144. The van der Waals surface area contributed by atoms with Gasteiger partial charge in [-0.1, -0.05) is 49.4 Å². The maximum Gasteiger partial charge on any atom is 0.410 e. The summed E-state index contributed by atoms with van der Waals surface area (Å²) in [6, 6.07) is 17.2. The van der Waals surface area contributed by atoms with E-state index in [0.717, 1.165) is 63.0 Å². The van der Waals surface area contributed by atoms with Crippen molar-refractivity contribution < 1.29 is 32.2 Å². The van der Waals surface area contributed by atoms with Gasteiger partial charge in [0.15, 0.2) is 0 Å². The molecule has 3 aliphatic rings. The molecule has 3 aliphatic heterocycles. The number of aryl methyl sites for hydroxylation is 1. The van der Waals surface area contributed by atoms with Crippen LogP contribution in [0.3, 0.4) is 0 Å². The molecule has 0 saturated carbocycles. The van der Waals surface area contributed by atoms with Gasteiger partial charge in [0.25, 0.3) is 0 Å². The highest BCUT2D eigenvalue weighted by molar-refractivity contribution is 7.89. The zero-order valence-electron chi connectivity index (χ0n) is 29.2. The third-order valence-electron chi connectivity index (χ3n) is 10.0. The van der Waals surface area contributed by atoms with Gasteiger partial charge in [-0.15, -0.1) is 0 Å². The van der Waals surface area contributed by atoms with Gasteiger partial charge in [0.2, 0.25) is 10.0 Å². The topological polar surface area (TPSA) is 106 Å². The fourth-order valence-corrected chi connectivity index (χ4v) is 8.55. The molecule has 48 heavy (non-hydrogen) atoms. The van der Waals surface area contributed by atoms with Crippen LogP contribution in [0.5, 0.6) is 0 Å². The fourth-order valence-electron chi connectivity index (χ4n) is 7.25. The summed E-state index contributed by atoms with van der Waals surface area (Å²) in [4.78, 5) is 29.7. The Labute approximate surface area is 286 Å². The van der Waals surface area contributed by atoms with E-state index < -0.39 is 21.0 Å². The van der Waals surface area contributed by atoms with Gasteiger partial charge in [0, 0.05) is 57.5 Å². The third kappa shape index (κ3) is 9.16. The van der Waals surface area contributed by atoms with Gasteiger partial charge in [0.1, 0.15) is 11.7 Å². The zero-order chi connectivity index (χ0) is 34.5. The number of esters is 1. The van der Waals surface area contributed by atoms with Gasteiger partial charge in [0.05, 0.1) is 18.1 Å². The molecule has 5 rings (SSSR count). The first-order chi connectivity index (χ1) is 22.7. The van der Waals surface area contributed by atoms with E-state index in [1.807, 2.05) is 43.9 Å². The van der Waals surface area contributed by atoms with Crippen molar-refractivity contribution in [2.24, 2.45) is 5.92 Å². The number of likely N-dealkylation sites (tertiary alicyclic amines) is 2. The van der Waals surface area contributed by atoms with Crippen LogP contribution in [0, 0.1) is 5.92 Å². The average Bonchev–Trinajstić information content (AvgIpc) is 3.72. The van der Waals surface area contributed by atoms with E-state index in [1.165, 1.54) is 4.31 Å². The van der Waals surface area contributed by atoms with Crippen molar-refractivity contribution in [2.75, 3.05) is 53.0 Å². The van der Waals surface area contributed by atoms with Gasteiger partial charge in [-0.05, 0) is 82.2 Å². The van der Waals surface area contributed by atoms with Crippen LogP contribution in [0.25, 0.3) is 0 Å². The lowest BCUT2D eigenvalue weighted by atomic mass is 9.79. The molecule has 3 saturated heterocycles. The van der Waals surface area contributed by atoms with E-state index in [2.05, 4.69) is 24.0 Å². The lowest BCUT2D eigenvalue weighted by Crippen LogP contribution is -2.49. The molecule has 0 radical (unpaired) electrons. The van der Waals surface area contributed by atoms with Crippen molar-refractivity contribution in [3.8, 4) is 0 Å². The molecule has 4 atom stereocenters. The highest BCUT2D eigenvalue weighted by atomic mass is 32.2. The molecule has 1 amide bonds. The number of hydrogen-bond donors (Lipinski definition) is 0. The summed E-state index contributed by atoms with van der Waals surface area (Å²) in [6.45, 7) is 12.6. The largest absolute Gasteiger partial charge is 0.460 e. The molecule has 0 unspecified atom stereocenters. The van der Waals surface area contributed by atoms with Crippen LogP contribution in [0.2, 0.25) is 0 Å². The van der Waals surface area contributed by atoms with Gasteiger partial charge in [-0.25, -0.2) is 17.5 Å². The minimum absolute atomic E-state index is 0.168. The molecule has 0 N–H and O–H groups in total. The van der Waals surface area contributed by atoms with E-state index in [4.69, 9.17) is 14.2 Å². The Morgan fingerprint density at radius 2 is 1.71 bits per heavy atom. The molecular weight excluding hydrogens is 630 g/mol. The molecule has 264 valence electrons. The maximum atomic E-state index is 13.8. The smallest absolute Gasteiger partial charge is 0.410 e. The molecule has 11 heteroatoms. The standard InChI is InChI=1S/C37H53N3O7S/c1-36(2,3)47-35(42)40-22-17-29-25-39(21-18-33(29)40)23-20-37(4,30-9-7-6-8-10-30)27-38(5)48(43,44)32-14-11-28(12-15-32)13-16-34(41)46-31-19-24-45-26-31/h6-12,14-15,29,31,33H,13,16-27H2,1-5H3/t29-,31-,33+,37+/m0/s1. The van der Waals surface area contributed by atoms with Gasteiger partial charge in [-0.3, -0.25) is 4.79 Å². The molecule has 2 aromatic carbocycles. The molecule has 0 aliphatic carbocycles. The quantitative estimate of drug-likeness (QED) is 0.280.